The predicted octanol–water partition coefficient (Wildman–Crippen LogP) is 6.42. The quantitative estimate of drug-likeness (QED) is 0.181. The number of nitrogens with zero attached hydrogens (tertiary/aromatic N) is 4. The number of carbonyl (C=O) groups excluding carboxylic acids is 1. The molecule has 0 radical (unpaired) electrons. The zero-order chi connectivity index (χ0) is 29.9. The Bertz CT molecular complexity index is 1760. The van der Waals surface area contributed by atoms with Gasteiger partial charge < -0.3 is 15.2 Å². The van der Waals surface area contributed by atoms with Crippen molar-refractivity contribution in [1.29, 1.82) is 0 Å². The average Bonchev–Trinajstić information content (AvgIpc) is 3.33. The van der Waals surface area contributed by atoms with Crippen molar-refractivity contribution in [3.8, 4) is 16.9 Å². The van der Waals surface area contributed by atoms with Crippen LogP contribution >= 0.6 is 0 Å². The highest BCUT2D eigenvalue weighted by Crippen LogP contribution is 2.33. The van der Waals surface area contributed by atoms with Crippen LogP contribution in [0.15, 0.2) is 72.9 Å². The molecule has 6 rings (SSSR count). The van der Waals surface area contributed by atoms with Gasteiger partial charge in [0.25, 0.3) is 0 Å². The van der Waals surface area contributed by atoms with Gasteiger partial charge in [-0.05, 0) is 72.7 Å². The summed E-state index contributed by atoms with van der Waals surface area (Å²) in [4.78, 5) is 19.0. The van der Waals surface area contributed by atoms with Crippen molar-refractivity contribution in [3.05, 3.63) is 84.2 Å². The zero-order valence-electron chi connectivity index (χ0n) is 25.1. The van der Waals surface area contributed by atoms with Crippen molar-refractivity contribution >= 4 is 33.5 Å². The van der Waals surface area contributed by atoms with Crippen molar-refractivity contribution in [2.75, 3.05) is 32.0 Å². The molecule has 1 saturated heterocycles. The second kappa shape index (κ2) is 12.4. The third-order valence-electron chi connectivity index (χ3n) is 8.20. The van der Waals surface area contributed by atoms with E-state index in [1.54, 1.807) is 6.20 Å². The number of aromatic nitrogens is 3. The van der Waals surface area contributed by atoms with E-state index in [1.807, 2.05) is 37.3 Å². The first-order valence-electron chi connectivity index (χ1n) is 15.1. The lowest BCUT2D eigenvalue weighted by Gasteiger charge is -2.39. The van der Waals surface area contributed by atoms with Crippen LogP contribution in [0.2, 0.25) is 0 Å². The predicted molar refractivity (Wildman–Crippen MR) is 171 cm³/mol. The summed E-state index contributed by atoms with van der Waals surface area (Å²) in [7, 11) is 0. The molecule has 2 aromatic heterocycles. The minimum absolute atomic E-state index is 0.164. The number of likely N-dealkylation sites (tertiary alicyclic amines) is 1. The average molecular weight is 578 g/mol. The lowest BCUT2D eigenvalue weighted by molar-refractivity contribution is -0.142. The monoisotopic (exact) mass is 577 g/mol. The molecular formula is C35H39N5O3. The lowest BCUT2D eigenvalue weighted by atomic mass is 10.00. The third-order valence-corrected chi connectivity index (χ3v) is 8.20. The van der Waals surface area contributed by atoms with E-state index >= 15 is 0 Å². The molecule has 0 amide bonds. The highest BCUT2D eigenvalue weighted by Gasteiger charge is 2.30. The Morgan fingerprint density at radius 3 is 2.58 bits per heavy atom. The van der Waals surface area contributed by atoms with Crippen LogP contribution in [0, 0.1) is 5.92 Å². The normalized spacial score (nSPS) is 14.0. The van der Waals surface area contributed by atoms with Gasteiger partial charge in [0.05, 0.1) is 24.6 Å². The van der Waals surface area contributed by atoms with E-state index in [0.29, 0.717) is 30.1 Å². The van der Waals surface area contributed by atoms with E-state index in [2.05, 4.69) is 64.8 Å². The maximum Gasteiger partial charge on any atom is 0.310 e. The standard InChI is InChI=1S/C35H39N5O3/c1-4-42-34(41)19-27-7-5-6-8-33(27)43-22-31-30-18-26(25-10-9-24-13-15-37-35(36)29(24)17-25)11-12-32(30)40(38-31)28-20-39(21-28)16-14-23(2)3/h5-13,15,17-18,23,28H,4,14,16,19-22H2,1-3H3,(H2,36,37). The lowest BCUT2D eigenvalue weighted by Crippen LogP contribution is -2.48. The number of anilines is 1. The molecule has 222 valence electrons. The van der Waals surface area contributed by atoms with Crippen LogP contribution in [-0.4, -0.2) is 51.9 Å². The van der Waals surface area contributed by atoms with Crippen molar-refractivity contribution in [2.45, 2.75) is 46.3 Å². The van der Waals surface area contributed by atoms with Gasteiger partial charge in [0, 0.05) is 35.6 Å². The molecule has 0 aliphatic carbocycles. The van der Waals surface area contributed by atoms with Crippen LogP contribution in [-0.2, 0) is 22.6 Å². The van der Waals surface area contributed by atoms with Gasteiger partial charge in [-0.25, -0.2) is 4.98 Å². The maximum atomic E-state index is 12.2. The van der Waals surface area contributed by atoms with Gasteiger partial charge in [-0.1, -0.05) is 50.2 Å². The SMILES string of the molecule is CCOC(=O)Cc1ccccc1OCc1nn(C2CN(CCC(C)C)C2)c2ccc(-c3ccc4ccnc(N)c4c3)cc12. The number of benzene rings is 3. The van der Waals surface area contributed by atoms with Gasteiger partial charge in [-0.3, -0.25) is 14.4 Å². The first-order chi connectivity index (χ1) is 20.9. The van der Waals surface area contributed by atoms with Crippen molar-refractivity contribution in [1.82, 2.24) is 19.7 Å². The number of para-hydroxylation sites is 1. The number of nitrogens with two attached hydrogens (primary N) is 1. The summed E-state index contributed by atoms with van der Waals surface area (Å²) in [5.74, 6) is 1.61. The number of fused-ring (bicyclic) bond motifs is 2. The van der Waals surface area contributed by atoms with Gasteiger partial charge in [0.1, 0.15) is 23.9 Å². The summed E-state index contributed by atoms with van der Waals surface area (Å²) in [5.41, 5.74) is 11.1. The summed E-state index contributed by atoms with van der Waals surface area (Å²) in [6.07, 6.45) is 3.10. The fourth-order valence-electron chi connectivity index (χ4n) is 5.76. The Balaban J connectivity index is 1.32. The molecule has 0 spiro atoms. The molecule has 1 aliphatic rings. The number of esters is 1. The maximum absolute atomic E-state index is 12.2. The van der Waals surface area contributed by atoms with Crippen LogP contribution in [0.5, 0.6) is 5.75 Å². The van der Waals surface area contributed by atoms with E-state index in [4.69, 9.17) is 20.3 Å². The minimum Gasteiger partial charge on any atom is -0.487 e. The number of nitrogen functional groups attached to an aromatic ring is 1. The van der Waals surface area contributed by atoms with E-state index < -0.39 is 0 Å². The van der Waals surface area contributed by atoms with E-state index in [0.717, 1.165) is 63.7 Å². The smallest absolute Gasteiger partial charge is 0.310 e. The second-order valence-corrected chi connectivity index (χ2v) is 11.7. The zero-order valence-corrected chi connectivity index (χ0v) is 25.1. The van der Waals surface area contributed by atoms with Crippen LogP contribution in [0.3, 0.4) is 0 Å². The number of ether oxygens (including phenoxy) is 2. The molecule has 0 bridgehead atoms. The summed E-state index contributed by atoms with van der Waals surface area (Å²) in [6.45, 7) is 10.1. The second-order valence-electron chi connectivity index (χ2n) is 11.7. The fourth-order valence-corrected chi connectivity index (χ4v) is 5.76. The van der Waals surface area contributed by atoms with E-state index in [9.17, 15) is 4.79 Å². The molecule has 0 atom stereocenters. The van der Waals surface area contributed by atoms with E-state index in [1.165, 1.54) is 6.42 Å². The van der Waals surface area contributed by atoms with Crippen molar-refractivity contribution in [3.63, 3.8) is 0 Å². The molecule has 8 nitrogen and oxygen atoms in total. The van der Waals surface area contributed by atoms with Crippen molar-refractivity contribution in [2.24, 2.45) is 5.92 Å². The molecule has 3 aromatic carbocycles. The molecule has 0 unspecified atom stereocenters. The van der Waals surface area contributed by atoms with Crippen LogP contribution in [0.1, 0.15) is 44.5 Å². The molecule has 1 fully saturated rings. The fraction of sp³-hybridized carbons (Fsp3) is 0.343. The Labute approximate surface area is 252 Å². The molecule has 5 aromatic rings. The Hall–Kier alpha value is -4.43. The number of rotatable bonds is 11. The number of pyridine rings is 1. The summed E-state index contributed by atoms with van der Waals surface area (Å²) in [6, 6.07) is 22.7. The largest absolute Gasteiger partial charge is 0.487 e. The molecule has 43 heavy (non-hydrogen) atoms. The van der Waals surface area contributed by atoms with Crippen LogP contribution < -0.4 is 10.5 Å². The topological polar surface area (TPSA) is 95.5 Å². The molecule has 0 saturated carbocycles. The number of hydrogen-bond acceptors (Lipinski definition) is 7. The number of carbonyl (C=O) groups is 1. The molecular weight excluding hydrogens is 538 g/mol. The molecule has 1 aliphatic heterocycles. The van der Waals surface area contributed by atoms with Crippen LogP contribution in [0.25, 0.3) is 32.8 Å². The Kier molecular flexibility index (Phi) is 8.29. The number of hydrogen-bond donors (Lipinski definition) is 1. The molecule has 8 heteroatoms. The first kappa shape index (κ1) is 28.7. The van der Waals surface area contributed by atoms with Gasteiger partial charge in [0.2, 0.25) is 0 Å². The van der Waals surface area contributed by atoms with Gasteiger partial charge in [-0.2, -0.15) is 5.10 Å². The Morgan fingerprint density at radius 2 is 1.79 bits per heavy atom. The highest BCUT2D eigenvalue weighted by molar-refractivity contribution is 5.95. The Morgan fingerprint density at radius 1 is 1.02 bits per heavy atom. The molecule has 2 N–H and O–H groups in total. The van der Waals surface area contributed by atoms with Gasteiger partial charge in [-0.15, -0.1) is 0 Å². The molecule has 3 heterocycles. The highest BCUT2D eigenvalue weighted by atomic mass is 16.5. The van der Waals surface area contributed by atoms with Crippen molar-refractivity contribution < 1.29 is 14.3 Å². The summed E-state index contributed by atoms with van der Waals surface area (Å²) in [5, 5.41) is 8.18. The summed E-state index contributed by atoms with van der Waals surface area (Å²) < 4.78 is 13.7. The first-order valence-corrected chi connectivity index (χ1v) is 15.1. The van der Waals surface area contributed by atoms with Gasteiger partial charge in [0.15, 0.2) is 0 Å². The minimum atomic E-state index is -0.267. The van der Waals surface area contributed by atoms with Gasteiger partial charge >= 0.3 is 5.97 Å². The van der Waals surface area contributed by atoms with Crippen LogP contribution in [0.4, 0.5) is 5.82 Å². The summed E-state index contributed by atoms with van der Waals surface area (Å²) >= 11 is 0. The third kappa shape index (κ3) is 6.20. The van der Waals surface area contributed by atoms with E-state index in [-0.39, 0.29) is 19.0 Å².